The number of para-hydroxylation sites is 1. The quantitative estimate of drug-likeness (QED) is 0.374. The number of aryl methyl sites for hydroxylation is 1. The van der Waals surface area contributed by atoms with Gasteiger partial charge in [0.1, 0.15) is 5.52 Å². The van der Waals surface area contributed by atoms with Crippen LogP contribution in [-0.2, 0) is 6.54 Å². The van der Waals surface area contributed by atoms with Crippen molar-refractivity contribution >= 4 is 39.5 Å². The predicted molar refractivity (Wildman–Crippen MR) is 126 cm³/mol. The average Bonchev–Trinajstić information content (AvgIpc) is 3.19. The molecule has 0 saturated heterocycles. The first-order valence-electron chi connectivity index (χ1n) is 10.7. The Morgan fingerprint density at radius 3 is 2.65 bits per heavy atom. The van der Waals surface area contributed by atoms with Gasteiger partial charge in [-0.1, -0.05) is 44.2 Å². The Hall–Kier alpha value is -3.61. The Kier molecular flexibility index (Phi) is 6.02. The molecule has 2 amide bonds. The Bertz CT molecular complexity index is 1200. The molecule has 0 aliphatic rings. The molecule has 7 heteroatoms. The largest absolute Gasteiger partial charge is 0.382 e. The Morgan fingerprint density at radius 2 is 1.87 bits per heavy atom. The van der Waals surface area contributed by atoms with Gasteiger partial charge in [-0.15, -0.1) is 0 Å². The molecule has 0 unspecified atom stereocenters. The minimum atomic E-state index is -0.185. The van der Waals surface area contributed by atoms with E-state index in [0.717, 1.165) is 47.0 Å². The molecule has 2 heterocycles. The number of fused-ring (bicyclic) bond motifs is 3. The van der Waals surface area contributed by atoms with Crippen molar-refractivity contribution in [2.75, 3.05) is 17.6 Å². The van der Waals surface area contributed by atoms with Crippen LogP contribution in [0.2, 0.25) is 0 Å². The van der Waals surface area contributed by atoms with Crippen molar-refractivity contribution in [3.63, 3.8) is 0 Å². The molecule has 31 heavy (non-hydrogen) atoms. The Morgan fingerprint density at radius 1 is 1.10 bits per heavy atom. The number of imidazole rings is 1. The summed E-state index contributed by atoms with van der Waals surface area (Å²) in [5, 5.41) is 6.84. The maximum absolute atomic E-state index is 12.1. The number of rotatable bonds is 7. The van der Waals surface area contributed by atoms with Crippen molar-refractivity contribution < 1.29 is 4.79 Å². The van der Waals surface area contributed by atoms with Crippen LogP contribution in [0.5, 0.6) is 0 Å². The second-order valence-electron chi connectivity index (χ2n) is 8.01. The maximum Gasteiger partial charge on any atom is 0.319 e. The Labute approximate surface area is 181 Å². The molecule has 4 aromatic rings. The lowest BCUT2D eigenvalue weighted by atomic mass is 10.0. The number of anilines is 2. The lowest BCUT2D eigenvalue weighted by Gasteiger charge is -2.10. The molecular weight excluding hydrogens is 388 g/mol. The summed E-state index contributed by atoms with van der Waals surface area (Å²) in [5.74, 6) is 0.924. The summed E-state index contributed by atoms with van der Waals surface area (Å²) < 4.78 is 2.12. The molecule has 4 N–H and O–H groups in total. The highest BCUT2D eigenvalue weighted by molar-refractivity contribution is 6.06. The first-order valence-corrected chi connectivity index (χ1v) is 10.7. The van der Waals surface area contributed by atoms with Gasteiger partial charge in [-0.25, -0.2) is 14.8 Å². The summed E-state index contributed by atoms with van der Waals surface area (Å²) in [6.07, 6.45) is 3.58. The minimum Gasteiger partial charge on any atom is -0.382 e. The van der Waals surface area contributed by atoms with Crippen LogP contribution in [0.1, 0.15) is 38.2 Å². The molecule has 0 atom stereocenters. The summed E-state index contributed by atoms with van der Waals surface area (Å²) in [4.78, 5) is 21.0. The van der Waals surface area contributed by atoms with Gasteiger partial charge in [0.15, 0.2) is 5.82 Å². The number of amides is 2. The SMILES string of the molecule is CC(C)c1ccc(NC(=O)NCCCCn2cnc3c(N)nc4ccccc4c32)cc1. The van der Waals surface area contributed by atoms with Crippen molar-refractivity contribution in [2.24, 2.45) is 0 Å². The van der Waals surface area contributed by atoms with Crippen LogP contribution in [0.25, 0.3) is 21.9 Å². The van der Waals surface area contributed by atoms with Gasteiger partial charge in [-0.3, -0.25) is 0 Å². The van der Waals surface area contributed by atoms with Gasteiger partial charge in [0.25, 0.3) is 0 Å². The fraction of sp³-hybridized carbons (Fsp3) is 0.292. The lowest BCUT2D eigenvalue weighted by molar-refractivity contribution is 0.252. The number of carbonyl (C=O) groups is 1. The third-order valence-electron chi connectivity index (χ3n) is 5.43. The summed E-state index contributed by atoms with van der Waals surface area (Å²) in [6, 6.07) is 15.7. The minimum absolute atomic E-state index is 0.185. The zero-order chi connectivity index (χ0) is 21.8. The molecule has 0 saturated carbocycles. The third kappa shape index (κ3) is 4.60. The molecule has 0 aliphatic carbocycles. The molecule has 0 fully saturated rings. The van der Waals surface area contributed by atoms with Crippen molar-refractivity contribution in [3.8, 4) is 0 Å². The monoisotopic (exact) mass is 416 g/mol. The second kappa shape index (κ2) is 9.04. The third-order valence-corrected chi connectivity index (χ3v) is 5.43. The normalized spacial score (nSPS) is 11.3. The number of hydrogen-bond donors (Lipinski definition) is 3. The predicted octanol–water partition coefficient (Wildman–Crippen LogP) is 4.89. The summed E-state index contributed by atoms with van der Waals surface area (Å²) in [6.45, 7) is 5.70. The van der Waals surface area contributed by atoms with Crippen molar-refractivity contribution in [1.82, 2.24) is 19.9 Å². The van der Waals surface area contributed by atoms with E-state index in [1.54, 1.807) is 0 Å². The van der Waals surface area contributed by atoms with Crippen LogP contribution in [0.3, 0.4) is 0 Å². The van der Waals surface area contributed by atoms with Gasteiger partial charge in [0.05, 0.1) is 17.4 Å². The van der Waals surface area contributed by atoms with Crippen LogP contribution >= 0.6 is 0 Å². The summed E-state index contributed by atoms with van der Waals surface area (Å²) >= 11 is 0. The topological polar surface area (TPSA) is 97.9 Å². The van der Waals surface area contributed by atoms with E-state index >= 15 is 0 Å². The highest BCUT2D eigenvalue weighted by Crippen LogP contribution is 2.27. The van der Waals surface area contributed by atoms with E-state index in [0.29, 0.717) is 18.3 Å². The van der Waals surface area contributed by atoms with Crippen LogP contribution in [0, 0.1) is 0 Å². The van der Waals surface area contributed by atoms with E-state index in [1.165, 1.54) is 5.56 Å². The second-order valence-corrected chi connectivity index (χ2v) is 8.01. The molecule has 4 rings (SSSR count). The molecule has 7 nitrogen and oxygen atoms in total. The molecule has 2 aromatic heterocycles. The highest BCUT2D eigenvalue weighted by Gasteiger charge is 2.11. The van der Waals surface area contributed by atoms with Crippen molar-refractivity contribution in [2.45, 2.75) is 39.2 Å². The zero-order valence-electron chi connectivity index (χ0n) is 17.9. The number of nitrogens with two attached hydrogens (primary N) is 1. The van der Waals surface area contributed by atoms with Crippen molar-refractivity contribution in [1.29, 1.82) is 0 Å². The summed E-state index contributed by atoms with van der Waals surface area (Å²) in [5.41, 5.74) is 10.8. The molecule has 160 valence electrons. The number of pyridine rings is 1. The number of hydrogen-bond acceptors (Lipinski definition) is 4. The molecule has 0 bridgehead atoms. The summed E-state index contributed by atoms with van der Waals surface area (Å²) in [7, 11) is 0. The number of benzene rings is 2. The van der Waals surface area contributed by atoms with Crippen LogP contribution in [0.4, 0.5) is 16.3 Å². The van der Waals surface area contributed by atoms with Gasteiger partial charge in [-0.05, 0) is 42.5 Å². The van der Waals surface area contributed by atoms with Gasteiger partial charge in [0, 0.05) is 24.2 Å². The first-order chi connectivity index (χ1) is 15.0. The number of urea groups is 1. The molecule has 2 aromatic carbocycles. The smallest absolute Gasteiger partial charge is 0.319 e. The maximum atomic E-state index is 12.1. The number of nitrogens with zero attached hydrogens (tertiary/aromatic N) is 3. The van der Waals surface area contributed by atoms with E-state index in [2.05, 4.69) is 39.0 Å². The van der Waals surface area contributed by atoms with Gasteiger partial charge >= 0.3 is 6.03 Å². The van der Waals surface area contributed by atoms with Crippen LogP contribution in [0.15, 0.2) is 54.9 Å². The van der Waals surface area contributed by atoms with Crippen LogP contribution < -0.4 is 16.4 Å². The number of nitrogen functional groups attached to an aromatic ring is 1. The van der Waals surface area contributed by atoms with E-state index in [9.17, 15) is 4.79 Å². The van der Waals surface area contributed by atoms with Crippen LogP contribution in [-0.4, -0.2) is 27.1 Å². The Balaban J connectivity index is 1.29. The lowest BCUT2D eigenvalue weighted by Crippen LogP contribution is -2.29. The molecule has 0 spiro atoms. The van der Waals surface area contributed by atoms with E-state index in [1.807, 2.05) is 54.9 Å². The van der Waals surface area contributed by atoms with Crippen molar-refractivity contribution in [3.05, 3.63) is 60.4 Å². The zero-order valence-corrected chi connectivity index (χ0v) is 17.9. The van der Waals surface area contributed by atoms with E-state index in [4.69, 9.17) is 5.73 Å². The number of carbonyl (C=O) groups excluding carboxylic acids is 1. The molecule has 0 aliphatic heterocycles. The fourth-order valence-corrected chi connectivity index (χ4v) is 3.71. The first kappa shape index (κ1) is 20.7. The number of aromatic nitrogens is 3. The van der Waals surface area contributed by atoms with Gasteiger partial charge in [-0.2, -0.15) is 0 Å². The van der Waals surface area contributed by atoms with E-state index < -0.39 is 0 Å². The highest BCUT2D eigenvalue weighted by atomic mass is 16.2. The number of unbranched alkanes of at least 4 members (excludes halogenated alkanes) is 1. The standard InChI is InChI=1S/C24H28N6O/c1-16(2)17-9-11-18(12-10-17)28-24(31)26-13-5-6-14-30-15-27-21-22(30)19-7-3-4-8-20(19)29-23(21)25/h3-4,7-12,15-16H,5-6,13-14H2,1-2H3,(H2,25,29)(H2,26,28,31). The molecular formula is C24H28N6O. The van der Waals surface area contributed by atoms with Gasteiger partial charge in [0.2, 0.25) is 0 Å². The van der Waals surface area contributed by atoms with E-state index in [-0.39, 0.29) is 6.03 Å². The number of nitrogens with one attached hydrogen (secondary N) is 2. The average molecular weight is 417 g/mol. The molecule has 0 radical (unpaired) electrons. The van der Waals surface area contributed by atoms with Gasteiger partial charge < -0.3 is 20.9 Å². The fourth-order valence-electron chi connectivity index (χ4n) is 3.71.